The number of hydrogen-bond donors (Lipinski definition) is 1. The standard InChI is InChI=1S/C15H22O2/c1-5-6-7-14(16)13-9-12(10(2)3)15(17)8-11(13)4/h8-10,17H,5-7H2,1-4H3. The molecular weight excluding hydrogens is 212 g/mol. The molecule has 0 aliphatic heterocycles. The third kappa shape index (κ3) is 3.32. The maximum atomic E-state index is 12.0. The number of phenolic OH excluding ortho intramolecular Hbond substituents is 1. The molecule has 0 bridgehead atoms. The normalized spacial score (nSPS) is 10.9. The van der Waals surface area contributed by atoms with Crippen molar-refractivity contribution >= 4 is 5.78 Å². The molecule has 0 aromatic heterocycles. The Balaban J connectivity index is 3.07. The van der Waals surface area contributed by atoms with Crippen molar-refractivity contribution in [3.63, 3.8) is 0 Å². The highest BCUT2D eigenvalue weighted by Crippen LogP contribution is 2.29. The Morgan fingerprint density at radius 3 is 2.53 bits per heavy atom. The molecule has 0 fully saturated rings. The number of carbonyl (C=O) groups excluding carboxylic acids is 1. The van der Waals surface area contributed by atoms with E-state index in [0.29, 0.717) is 12.2 Å². The van der Waals surface area contributed by atoms with Gasteiger partial charge in [-0.05, 0) is 42.5 Å². The molecule has 1 N–H and O–H groups in total. The number of aryl methyl sites for hydroxylation is 1. The molecule has 2 nitrogen and oxygen atoms in total. The predicted octanol–water partition coefficient (Wildman–Crippen LogP) is 4.20. The van der Waals surface area contributed by atoms with Crippen molar-refractivity contribution in [1.29, 1.82) is 0 Å². The number of aromatic hydroxyl groups is 1. The number of rotatable bonds is 5. The van der Waals surface area contributed by atoms with Crippen molar-refractivity contribution in [2.45, 2.75) is 52.9 Å². The molecule has 0 radical (unpaired) electrons. The lowest BCUT2D eigenvalue weighted by molar-refractivity contribution is 0.0979. The van der Waals surface area contributed by atoms with E-state index in [0.717, 1.165) is 29.5 Å². The van der Waals surface area contributed by atoms with Gasteiger partial charge in [-0.1, -0.05) is 27.2 Å². The van der Waals surface area contributed by atoms with Crippen LogP contribution < -0.4 is 0 Å². The summed E-state index contributed by atoms with van der Waals surface area (Å²) in [6.07, 6.45) is 2.55. The number of phenols is 1. The van der Waals surface area contributed by atoms with Crippen LogP contribution in [0.15, 0.2) is 12.1 Å². The smallest absolute Gasteiger partial charge is 0.163 e. The van der Waals surface area contributed by atoms with Gasteiger partial charge in [-0.2, -0.15) is 0 Å². The quantitative estimate of drug-likeness (QED) is 0.775. The second-order valence-corrected chi connectivity index (χ2v) is 4.91. The first-order valence-corrected chi connectivity index (χ1v) is 6.34. The first-order valence-electron chi connectivity index (χ1n) is 6.34. The van der Waals surface area contributed by atoms with Crippen molar-refractivity contribution in [2.75, 3.05) is 0 Å². The Morgan fingerprint density at radius 2 is 2.00 bits per heavy atom. The SMILES string of the molecule is CCCCC(=O)c1cc(C(C)C)c(O)cc1C. The Hall–Kier alpha value is -1.31. The summed E-state index contributed by atoms with van der Waals surface area (Å²) in [5, 5.41) is 9.83. The monoisotopic (exact) mass is 234 g/mol. The summed E-state index contributed by atoms with van der Waals surface area (Å²) in [4.78, 5) is 12.0. The van der Waals surface area contributed by atoms with E-state index in [1.54, 1.807) is 6.07 Å². The lowest BCUT2D eigenvalue weighted by atomic mass is 9.93. The van der Waals surface area contributed by atoms with Crippen molar-refractivity contribution in [1.82, 2.24) is 0 Å². The Kier molecular flexibility index (Phi) is 4.73. The molecule has 0 heterocycles. The average Bonchev–Trinajstić information content (AvgIpc) is 2.25. The Morgan fingerprint density at radius 1 is 1.35 bits per heavy atom. The molecule has 94 valence electrons. The molecule has 0 aliphatic rings. The summed E-state index contributed by atoms with van der Waals surface area (Å²) in [5.41, 5.74) is 2.49. The van der Waals surface area contributed by atoms with Crippen LogP contribution in [0.5, 0.6) is 5.75 Å². The third-order valence-electron chi connectivity index (χ3n) is 3.05. The lowest BCUT2D eigenvalue weighted by Gasteiger charge is -2.13. The van der Waals surface area contributed by atoms with Gasteiger partial charge in [0.1, 0.15) is 5.75 Å². The molecule has 17 heavy (non-hydrogen) atoms. The summed E-state index contributed by atoms with van der Waals surface area (Å²) in [5.74, 6) is 0.712. The van der Waals surface area contributed by atoms with Gasteiger partial charge in [0.25, 0.3) is 0 Å². The molecule has 1 rings (SSSR count). The third-order valence-corrected chi connectivity index (χ3v) is 3.05. The summed E-state index contributed by atoms with van der Waals surface area (Å²) >= 11 is 0. The minimum absolute atomic E-state index is 0.186. The van der Waals surface area contributed by atoms with Crippen LogP contribution >= 0.6 is 0 Å². The zero-order valence-corrected chi connectivity index (χ0v) is 11.2. The highest BCUT2D eigenvalue weighted by atomic mass is 16.3. The molecule has 1 aromatic carbocycles. The molecule has 0 aliphatic carbocycles. The number of benzene rings is 1. The van der Waals surface area contributed by atoms with Gasteiger partial charge in [0, 0.05) is 12.0 Å². The first-order chi connectivity index (χ1) is 7.97. The number of carbonyl (C=O) groups is 1. The van der Waals surface area contributed by atoms with Crippen LogP contribution in [0.4, 0.5) is 0 Å². The minimum atomic E-state index is 0.186. The van der Waals surface area contributed by atoms with E-state index < -0.39 is 0 Å². The fourth-order valence-corrected chi connectivity index (χ4v) is 1.94. The van der Waals surface area contributed by atoms with Crippen LogP contribution in [0.2, 0.25) is 0 Å². The number of hydrogen-bond acceptors (Lipinski definition) is 2. The molecule has 0 spiro atoms. The molecule has 0 saturated carbocycles. The van der Waals surface area contributed by atoms with Gasteiger partial charge in [-0.15, -0.1) is 0 Å². The van der Waals surface area contributed by atoms with Gasteiger partial charge in [-0.3, -0.25) is 4.79 Å². The fourth-order valence-electron chi connectivity index (χ4n) is 1.94. The van der Waals surface area contributed by atoms with Crippen LogP contribution in [-0.4, -0.2) is 10.9 Å². The van der Waals surface area contributed by atoms with Crippen molar-refractivity contribution in [3.8, 4) is 5.75 Å². The molecule has 1 aromatic rings. The van der Waals surface area contributed by atoms with E-state index in [1.165, 1.54) is 0 Å². The number of ketones is 1. The highest BCUT2D eigenvalue weighted by Gasteiger charge is 2.14. The van der Waals surface area contributed by atoms with Gasteiger partial charge >= 0.3 is 0 Å². The van der Waals surface area contributed by atoms with E-state index in [4.69, 9.17) is 0 Å². The lowest BCUT2D eigenvalue weighted by Crippen LogP contribution is -2.03. The zero-order valence-electron chi connectivity index (χ0n) is 11.2. The van der Waals surface area contributed by atoms with E-state index >= 15 is 0 Å². The Labute approximate surface area is 104 Å². The largest absolute Gasteiger partial charge is 0.508 e. The van der Waals surface area contributed by atoms with Crippen LogP contribution in [0, 0.1) is 6.92 Å². The topological polar surface area (TPSA) is 37.3 Å². The number of unbranched alkanes of at least 4 members (excludes halogenated alkanes) is 1. The van der Waals surface area contributed by atoms with E-state index in [-0.39, 0.29) is 11.7 Å². The van der Waals surface area contributed by atoms with Crippen molar-refractivity contribution in [2.24, 2.45) is 0 Å². The molecule has 2 heteroatoms. The minimum Gasteiger partial charge on any atom is -0.508 e. The Bertz CT molecular complexity index is 406. The first kappa shape index (κ1) is 13.8. The maximum Gasteiger partial charge on any atom is 0.163 e. The average molecular weight is 234 g/mol. The van der Waals surface area contributed by atoms with Crippen LogP contribution in [0.1, 0.15) is 67.4 Å². The van der Waals surface area contributed by atoms with E-state index in [1.807, 2.05) is 26.8 Å². The van der Waals surface area contributed by atoms with Crippen molar-refractivity contribution < 1.29 is 9.90 Å². The van der Waals surface area contributed by atoms with Crippen LogP contribution in [0.25, 0.3) is 0 Å². The van der Waals surface area contributed by atoms with E-state index in [9.17, 15) is 9.90 Å². The van der Waals surface area contributed by atoms with Gasteiger partial charge < -0.3 is 5.11 Å². The molecule has 0 atom stereocenters. The molecule has 0 unspecified atom stereocenters. The highest BCUT2D eigenvalue weighted by molar-refractivity contribution is 5.97. The van der Waals surface area contributed by atoms with Gasteiger partial charge in [0.2, 0.25) is 0 Å². The van der Waals surface area contributed by atoms with E-state index in [2.05, 4.69) is 6.92 Å². The second-order valence-electron chi connectivity index (χ2n) is 4.91. The van der Waals surface area contributed by atoms with Crippen LogP contribution in [0.3, 0.4) is 0 Å². The van der Waals surface area contributed by atoms with Crippen molar-refractivity contribution in [3.05, 3.63) is 28.8 Å². The molecular formula is C15H22O2. The summed E-state index contributed by atoms with van der Waals surface area (Å²) in [6, 6.07) is 3.56. The molecule has 0 saturated heterocycles. The fraction of sp³-hybridized carbons (Fsp3) is 0.533. The summed E-state index contributed by atoms with van der Waals surface area (Å²) < 4.78 is 0. The molecule has 0 amide bonds. The van der Waals surface area contributed by atoms with Crippen LogP contribution in [-0.2, 0) is 0 Å². The predicted molar refractivity (Wildman–Crippen MR) is 70.8 cm³/mol. The number of Topliss-reactive ketones (excluding diaryl/α,β-unsaturated/α-hetero) is 1. The van der Waals surface area contributed by atoms with Gasteiger partial charge in [0.15, 0.2) is 5.78 Å². The second kappa shape index (κ2) is 5.85. The van der Waals surface area contributed by atoms with Gasteiger partial charge in [0.05, 0.1) is 0 Å². The summed E-state index contributed by atoms with van der Waals surface area (Å²) in [7, 11) is 0. The zero-order chi connectivity index (χ0) is 13.0. The summed E-state index contributed by atoms with van der Waals surface area (Å²) in [6.45, 7) is 7.99. The maximum absolute atomic E-state index is 12.0. The van der Waals surface area contributed by atoms with Gasteiger partial charge in [-0.25, -0.2) is 0 Å².